The summed E-state index contributed by atoms with van der Waals surface area (Å²) >= 11 is 0. The minimum absolute atomic E-state index is 0.146. The molecule has 0 aliphatic heterocycles. The van der Waals surface area contributed by atoms with Gasteiger partial charge in [-0.2, -0.15) is 9.69 Å². The third-order valence-electron chi connectivity index (χ3n) is 0.703. The summed E-state index contributed by atoms with van der Waals surface area (Å²) in [6, 6.07) is 0. The number of rotatable bonds is 5. The minimum Gasteiger partial charge on any atom is -0.327 e. The number of phosphoric ester groups is 1. The van der Waals surface area contributed by atoms with Crippen molar-refractivity contribution in [3.05, 3.63) is 0 Å². The zero-order valence-corrected chi connectivity index (χ0v) is 8.08. The Balaban J connectivity index is 4.21. The lowest BCUT2D eigenvalue weighted by Crippen LogP contribution is -2.12. The maximum Gasteiger partial charge on any atom is 0.556 e. The monoisotopic (exact) mass is 194 g/mol. The second kappa shape index (κ2) is 5.12. The van der Waals surface area contributed by atoms with Gasteiger partial charge in [-0.25, -0.2) is 4.57 Å². The number of nitrogens with zero attached hydrogens (tertiary/aromatic N) is 2. The van der Waals surface area contributed by atoms with E-state index in [1.54, 1.807) is 6.92 Å². The van der Waals surface area contributed by atoms with E-state index in [4.69, 9.17) is 5.26 Å². The Morgan fingerprint density at radius 1 is 1.58 bits per heavy atom. The molecule has 0 saturated carbocycles. The third-order valence-corrected chi connectivity index (χ3v) is 2.11. The van der Waals surface area contributed by atoms with Crippen LogP contribution >= 0.6 is 7.82 Å². The minimum atomic E-state index is -3.71. The van der Waals surface area contributed by atoms with Gasteiger partial charge in [0, 0.05) is 14.1 Å². The molecule has 0 rings (SSSR count). The van der Waals surface area contributed by atoms with Gasteiger partial charge >= 0.3 is 7.82 Å². The van der Waals surface area contributed by atoms with Crippen molar-refractivity contribution in [1.82, 2.24) is 5.06 Å². The number of hydrogen-bond donors (Lipinski definition) is 0. The molecule has 0 aromatic rings. The topological polar surface area (TPSA) is 71.8 Å². The summed E-state index contributed by atoms with van der Waals surface area (Å²) in [4.78, 5) is 0. The van der Waals surface area contributed by atoms with Gasteiger partial charge in [-0.15, -0.1) is 5.26 Å². The highest BCUT2D eigenvalue weighted by Gasteiger charge is 2.29. The van der Waals surface area contributed by atoms with Crippen LogP contribution in [0.5, 0.6) is 0 Å². The maximum atomic E-state index is 11.3. The lowest BCUT2D eigenvalue weighted by Gasteiger charge is -2.16. The average molecular weight is 194 g/mol. The van der Waals surface area contributed by atoms with Crippen molar-refractivity contribution in [1.29, 1.82) is 5.26 Å². The summed E-state index contributed by atoms with van der Waals surface area (Å²) in [5, 5.41) is 9.27. The molecular weight excluding hydrogens is 183 g/mol. The Morgan fingerprint density at radius 2 is 2.17 bits per heavy atom. The lowest BCUT2D eigenvalue weighted by atomic mass is 10.9. The smallest absolute Gasteiger partial charge is 0.327 e. The highest BCUT2D eigenvalue weighted by Crippen LogP contribution is 2.49. The van der Waals surface area contributed by atoms with Crippen molar-refractivity contribution in [2.24, 2.45) is 0 Å². The molecule has 0 aromatic heterocycles. The van der Waals surface area contributed by atoms with Gasteiger partial charge in [0.2, 0.25) is 0 Å². The first-order chi connectivity index (χ1) is 5.54. The fraction of sp³-hybridized carbons (Fsp3) is 0.800. The summed E-state index contributed by atoms with van der Waals surface area (Å²) in [5.74, 6) is 0. The van der Waals surface area contributed by atoms with Crippen molar-refractivity contribution in [3.8, 4) is 6.26 Å². The zero-order valence-electron chi connectivity index (χ0n) is 7.18. The molecule has 0 aliphatic rings. The molecule has 0 fully saturated rings. The summed E-state index contributed by atoms with van der Waals surface area (Å²) in [7, 11) is -0.698. The SMILES string of the molecule is CCOP(=O)(OC#N)ON(C)C. The van der Waals surface area contributed by atoms with E-state index in [-0.39, 0.29) is 6.61 Å². The van der Waals surface area contributed by atoms with Gasteiger partial charge in [0.15, 0.2) is 0 Å². The Bertz CT molecular complexity index is 212. The van der Waals surface area contributed by atoms with Crippen molar-refractivity contribution >= 4 is 7.82 Å². The quantitative estimate of drug-likeness (QED) is 0.371. The molecule has 0 aliphatic carbocycles. The van der Waals surface area contributed by atoms with Crippen molar-refractivity contribution < 1.29 is 18.2 Å². The first-order valence-electron chi connectivity index (χ1n) is 3.23. The molecule has 0 spiro atoms. The Morgan fingerprint density at radius 3 is 2.50 bits per heavy atom. The van der Waals surface area contributed by atoms with Crippen molar-refractivity contribution in [3.63, 3.8) is 0 Å². The Labute approximate surface area is 71.2 Å². The fourth-order valence-corrected chi connectivity index (χ4v) is 1.42. The molecule has 0 N–H and O–H groups in total. The second-order valence-electron chi connectivity index (χ2n) is 1.94. The van der Waals surface area contributed by atoms with Gasteiger partial charge in [0.1, 0.15) is 0 Å². The number of nitriles is 1. The van der Waals surface area contributed by atoms with Crippen LogP contribution in [0.3, 0.4) is 0 Å². The number of hydrogen-bond acceptors (Lipinski definition) is 6. The number of phosphoric acid groups is 1. The van der Waals surface area contributed by atoms with Crippen LogP contribution in [0.2, 0.25) is 0 Å². The number of hydroxylamine groups is 2. The molecule has 0 heterocycles. The molecule has 0 saturated heterocycles. The van der Waals surface area contributed by atoms with Crippen LogP contribution in [-0.4, -0.2) is 25.8 Å². The van der Waals surface area contributed by atoms with E-state index >= 15 is 0 Å². The first-order valence-corrected chi connectivity index (χ1v) is 4.69. The van der Waals surface area contributed by atoms with Crippen LogP contribution in [-0.2, 0) is 18.2 Å². The molecule has 7 heteroatoms. The molecule has 1 atom stereocenters. The third kappa shape index (κ3) is 4.31. The van der Waals surface area contributed by atoms with Gasteiger partial charge < -0.3 is 4.52 Å². The molecule has 0 bridgehead atoms. The molecule has 0 aromatic carbocycles. The summed E-state index contributed by atoms with van der Waals surface area (Å²) in [6.07, 6.45) is 1.26. The van der Waals surface area contributed by atoms with Crippen molar-refractivity contribution in [2.75, 3.05) is 20.7 Å². The van der Waals surface area contributed by atoms with E-state index < -0.39 is 7.82 Å². The zero-order chi connectivity index (χ0) is 9.61. The van der Waals surface area contributed by atoms with Crippen LogP contribution in [0, 0.1) is 11.5 Å². The molecule has 70 valence electrons. The standard InChI is InChI=1S/C5H11N2O4P/c1-4-9-12(8,10-5-6)11-7(2)3/h4H2,1-3H3. The van der Waals surface area contributed by atoms with Gasteiger partial charge in [-0.05, 0) is 6.92 Å². The largest absolute Gasteiger partial charge is 0.556 e. The second-order valence-corrected chi connectivity index (χ2v) is 3.44. The van der Waals surface area contributed by atoms with E-state index in [2.05, 4.69) is 13.7 Å². The van der Waals surface area contributed by atoms with Crippen LogP contribution < -0.4 is 0 Å². The maximum absolute atomic E-state index is 11.3. The van der Waals surface area contributed by atoms with E-state index in [1.165, 1.54) is 20.4 Å². The molecule has 6 nitrogen and oxygen atoms in total. The molecule has 0 radical (unpaired) electrons. The highest BCUT2D eigenvalue weighted by molar-refractivity contribution is 7.48. The van der Waals surface area contributed by atoms with E-state index in [1.807, 2.05) is 0 Å². The summed E-state index contributed by atoms with van der Waals surface area (Å²) in [5.41, 5.74) is 0. The van der Waals surface area contributed by atoms with Gasteiger partial charge in [-0.1, -0.05) is 0 Å². The predicted molar refractivity (Wildman–Crippen MR) is 40.7 cm³/mol. The Kier molecular flexibility index (Phi) is 4.86. The van der Waals surface area contributed by atoms with Crippen LogP contribution in [0.15, 0.2) is 0 Å². The lowest BCUT2D eigenvalue weighted by molar-refractivity contribution is -0.0410. The average Bonchev–Trinajstić information content (AvgIpc) is 1.85. The van der Waals surface area contributed by atoms with E-state index in [0.29, 0.717) is 0 Å². The highest BCUT2D eigenvalue weighted by atomic mass is 31.2. The first kappa shape index (κ1) is 11.4. The summed E-state index contributed by atoms with van der Waals surface area (Å²) in [6.45, 7) is 1.76. The normalized spacial score (nSPS) is 15.2. The van der Waals surface area contributed by atoms with E-state index in [0.717, 1.165) is 5.06 Å². The van der Waals surface area contributed by atoms with Crippen molar-refractivity contribution in [2.45, 2.75) is 6.92 Å². The van der Waals surface area contributed by atoms with Crippen LogP contribution in [0.25, 0.3) is 0 Å². The summed E-state index contributed by atoms with van der Waals surface area (Å²) < 4.78 is 24.7. The van der Waals surface area contributed by atoms with Crippen LogP contribution in [0.1, 0.15) is 6.92 Å². The molecular formula is C5H11N2O4P. The van der Waals surface area contributed by atoms with Crippen LogP contribution in [0.4, 0.5) is 0 Å². The molecule has 0 amide bonds. The van der Waals surface area contributed by atoms with Gasteiger partial charge in [0.05, 0.1) is 6.61 Å². The predicted octanol–water partition coefficient (Wildman–Crippen LogP) is 1.12. The Hall–Kier alpha value is -0.600. The molecule has 1 unspecified atom stereocenters. The molecule has 12 heavy (non-hydrogen) atoms. The van der Waals surface area contributed by atoms with Gasteiger partial charge in [0.25, 0.3) is 6.26 Å². The van der Waals surface area contributed by atoms with E-state index in [9.17, 15) is 4.57 Å². The fourth-order valence-electron chi connectivity index (χ4n) is 0.475. The van der Waals surface area contributed by atoms with Gasteiger partial charge in [-0.3, -0.25) is 4.52 Å².